The van der Waals surface area contributed by atoms with Gasteiger partial charge in [-0.05, 0) is 30.9 Å². The zero-order valence-electron chi connectivity index (χ0n) is 14.6. The molecule has 0 aliphatic rings. The van der Waals surface area contributed by atoms with Crippen LogP contribution in [0.5, 0.6) is 0 Å². The lowest BCUT2D eigenvalue weighted by Crippen LogP contribution is -1.79. The lowest BCUT2D eigenvalue weighted by atomic mass is 10.2. The minimum Gasteiger partial charge on any atom is -0.296 e. The molecule has 1 heteroatoms. The van der Waals surface area contributed by atoms with E-state index < -0.39 is 0 Å². The van der Waals surface area contributed by atoms with Crippen LogP contribution in [-0.2, 0) is 0 Å². The first-order valence-corrected chi connectivity index (χ1v) is 7.98. The Kier molecular flexibility index (Phi) is 31.3. The van der Waals surface area contributed by atoms with E-state index in [9.17, 15) is 0 Å². The van der Waals surface area contributed by atoms with Gasteiger partial charge in [0, 0.05) is 13.3 Å². The molecule has 0 saturated heterocycles. The quantitative estimate of drug-likeness (QED) is 0.227. The van der Waals surface area contributed by atoms with Crippen LogP contribution in [0.1, 0.15) is 73.1 Å². The molecule has 0 atom stereocenters. The van der Waals surface area contributed by atoms with Crippen molar-refractivity contribution in [3.63, 3.8) is 0 Å². The molecular formula is C19H35N. The van der Waals surface area contributed by atoms with E-state index in [1.807, 2.05) is 20.8 Å². The second-order valence-electron chi connectivity index (χ2n) is 4.03. The topological polar surface area (TPSA) is 12.4 Å². The van der Waals surface area contributed by atoms with Gasteiger partial charge in [0.05, 0.1) is 0 Å². The maximum Gasteiger partial charge on any atom is 0.0277 e. The van der Waals surface area contributed by atoms with Crippen LogP contribution in [0.25, 0.3) is 0 Å². The van der Waals surface area contributed by atoms with Crippen LogP contribution < -0.4 is 0 Å². The average molecular weight is 277 g/mol. The minimum atomic E-state index is 0.946. The van der Waals surface area contributed by atoms with Gasteiger partial charge in [-0.25, -0.2) is 0 Å². The third-order valence-corrected chi connectivity index (χ3v) is 2.32. The van der Waals surface area contributed by atoms with Gasteiger partial charge in [0.15, 0.2) is 0 Å². The first kappa shape index (κ1) is 23.8. The fraction of sp³-hybridized carbons (Fsp3) is 0.632. The van der Waals surface area contributed by atoms with Gasteiger partial charge in [-0.1, -0.05) is 72.0 Å². The van der Waals surface area contributed by atoms with E-state index in [-0.39, 0.29) is 0 Å². The van der Waals surface area contributed by atoms with Gasteiger partial charge in [-0.2, -0.15) is 0 Å². The summed E-state index contributed by atoms with van der Waals surface area (Å²) in [6, 6.07) is 0. The number of hydrogen-bond donors (Lipinski definition) is 0. The zero-order chi connectivity index (χ0) is 16.1. The second-order valence-corrected chi connectivity index (χ2v) is 4.03. The van der Waals surface area contributed by atoms with Gasteiger partial charge in [0.1, 0.15) is 0 Å². The molecule has 0 N–H and O–H groups in total. The summed E-state index contributed by atoms with van der Waals surface area (Å²) < 4.78 is 0. The Labute approximate surface area is 128 Å². The number of rotatable bonds is 7. The van der Waals surface area contributed by atoms with Crippen molar-refractivity contribution in [2.75, 3.05) is 7.05 Å². The number of unbranched alkanes of at least 4 members (excludes halogenated alkanes) is 3. The molecule has 0 aromatic rings. The van der Waals surface area contributed by atoms with Crippen molar-refractivity contribution in [1.82, 2.24) is 0 Å². The Balaban J connectivity index is -0.000000257. The average Bonchev–Trinajstić information content (AvgIpc) is 2.49. The summed E-state index contributed by atoms with van der Waals surface area (Å²) in [6.45, 7) is 10.5. The molecule has 20 heavy (non-hydrogen) atoms. The van der Waals surface area contributed by atoms with E-state index in [1.54, 1.807) is 19.3 Å². The Hall–Kier alpha value is -1.29. The highest BCUT2D eigenvalue weighted by Gasteiger charge is 1.82. The van der Waals surface area contributed by atoms with Crippen LogP contribution in [0, 0.1) is 12.3 Å². The minimum absolute atomic E-state index is 0.946. The Morgan fingerprint density at radius 1 is 1.05 bits per heavy atom. The first-order chi connectivity index (χ1) is 9.76. The van der Waals surface area contributed by atoms with Crippen LogP contribution in [0.2, 0.25) is 0 Å². The summed E-state index contributed by atoms with van der Waals surface area (Å²) in [5, 5.41) is 0. The number of allylic oxidation sites excluding steroid dienone is 4. The Bertz CT molecular complexity index is 277. The number of terminal acetylenes is 1. The monoisotopic (exact) mass is 277 g/mol. The third kappa shape index (κ3) is 25.5. The second kappa shape index (κ2) is 26.3. The Morgan fingerprint density at radius 2 is 1.65 bits per heavy atom. The van der Waals surface area contributed by atoms with Gasteiger partial charge >= 0.3 is 0 Å². The highest BCUT2D eigenvalue weighted by atomic mass is 14.6. The number of nitrogens with zero attached hydrogens (tertiary/aromatic N) is 1. The molecule has 0 aliphatic carbocycles. The van der Waals surface area contributed by atoms with E-state index in [0.717, 1.165) is 12.0 Å². The molecule has 1 nitrogen and oxygen atoms in total. The maximum absolute atomic E-state index is 5.05. The molecule has 0 bridgehead atoms. The van der Waals surface area contributed by atoms with Gasteiger partial charge in [-0.3, -0.25) is 4.99 Å². The summed E-state index contributed by atoms with van der Waals surface area (Å²) in [5.74, 6) is 2.45. The van der Waals surface area contributed by atoms with Crippen molar-refractivity contribution in [2.24, 2.45) is 4.99 Å². The van der Waals surface area contributed by atoms with Gasteiger partial charge in [0.2, 0.25) is 0 Å². The van der Waals surface area contributed by atoms with Crippen molar-refractivity contribution in [2.45, 2.75) is 73.1 Å². The first-order valence-electron chi connectivity index (χ1n) is 7.98. The van der Waals surface area contributed by atoms with Crippen LogP contribution in [0.15, 0.2) is 28.8 Å². The fourth-order valence-electron chi connectivity index (χ4n) is 1.23. The van der Waals surface area contributed by atoms with Crippen molar-refractivity contribution < 1.29 is 0 Å². The predicted octanol–water partition coefficient (Wildman–Crippen LogP) is 6.22. The molecule has 0 spiro atoms. The van der Waals surface area contributed by atoms with Gasteiger partial charge < -0.3 is 0 Å². The summed E-state index contributed by atoms with van der Waals surface area (Å²) >= 11 is 0. The molecule has 116 valence electrons. The van der Waals surface area contributed by atoms with Crippen molar-refractivity contribution in [1.29, 1.82) is 0 Å². The molecule has 0 saturated carbocycles. The maximum atomic E-state index is 5.05. The van der Waals surface area contributed by atoms with E-state index in [2.05, 4.69) is 36.9 Å². The van der Waals surface area contributed by atoms with Crippen molar-refractivity contribution in [3.8, 4) is 12.3 Å². The molecule has 0 unspecified atom stereocenters. The molecular weight excluding hydrogens is 242 g/mol. The smallest absolute Gasteiger partial charge is 0.0277 e. The van der Waals surface area contributed by atoms with E-state index >= 15 is 0 Å². The van der Waals surface area contributed by atoms with Crippen molar-refractivity contribution >= 4 is 6.21 Å². The lowest BCUT2D eigenvalue weighted by Gasteiger charge is -1.88. The normalized spacial score (nSPS) is 10.6. The number of aliphatic imine (C=N–C) groups is 1. The summed E-state index contributed by atoms with van der Waals surface area (Å²) in [6.07, 6.45) is 20.6. The standard InChI is InChI=1S/C9H18.C8H11N.C2H6/c1-3-5-7-9-8-6-4-2;1-4-6-8(5-2)7-9-3;1-2/h7,9H,3-6,8H2,1-2H3;1,6-7H,5H2,2-3H3;1-2H3/b9-7-;8-6-,9-7?;. The highest BCUT2D eigenvalue weighted by Crippen LogP contribution is 1.97. The van der Waals surface area contributed by atoms with E-state index in [4.69, 9.17) is 6.42 Å². The molecule has 0 aliphatic heterocycles. The Morgan fingerprint density at radius 3 is 2.05 bits per heavy atom. The van der Waals surface area contributed by atoms with Gasteiger partial charge in [0.25, 0.3) is 0 Å². The van der Waals surface area contributed by atoms with Crippen molar-refractivity contribution in [3.05, 3.63) is 23.8 Å². The zero-order valence-corrected chi connectivity index (χ0v) is 14.6. The van der Waals surface area contributed by atoms with Crippen LogP contribution in [-0.4, -0.2) is 13.3 Å². The van der Waals surface area contributed by atoms with Crippen LogP contribution in [0.3, 0.4) is 0 Å². The SMILES string of the molecule is C#C/C=C(\C=NC)CC.CC.CCC/C=C\CCCC. The lowest BCUT2D eigenvalue weighted by molar-refractivity contribution is 0.810. The molecule has 0 amide bonds. The molecule has 0 fully saturated rings. The third-order valence-electron chi connectivity index (χ3n) is 2.32. The molecule has 0 aromatic carbocycles. The summed E-state index contributed by atoms with van der Waals surface area (Å²) in [4.78, 5) is 3.84. The largest absolute Gasteiger partial charge is 0.296 e. The molecule has 0 rings (SSSR count). The van der Waals surface area contributed by atoms with Gasteiger partial charge in [-0.15, -0.1) is 6.42 Å². The molecule has 0 radical (unpaired) electrons. The predicted molar refractivity (Wildman–Crippen MR) is 96.5 cm³/mol. The van der Waals surface area contributed by atoms with E-state index in [0.29, 0.717) is 0 Å². The summed E-state index contributed by atoms with van der Waals surface area (Å²) in [5.41, 5.74) is 1.10. The summed E-state index contributed by atoms with van der Waals surface area (Å²) in [7, 11) is 1.74. The van der Waals surface area contributed by atoms with Crippen LogP contribution in [0.4, 0.5) is 0 Å². The fourth-order valence-corrected chi connectivity index (χ4v) is 1.23. The van der Waals surface area contributed by atoms with Crippen LogP contribution >= 0.6 is 0 Å². The highest BCUT2D eigenvalue weighted by molar-refractivity contribution is 5.78. The molecule has 0 aromatic heterocycles. The van der Waals surface area contributed by atoms with E-state index in [1.165, 1.54) is 32.1 Å². The molecule has 0 heterocycles. The number of hydrogen-bond acceptors (Lipinski definition) is 1.